The van der Waals surface area contributed by atoms with Crippen LogP contribution < -0.4 is 0 Å². The molecule has 1 aliphatic rings. The van der Waals surface area contributed by atoms with Crippen LogP contribution >= 0.6 is 0 Å². The summed E-state index contributed by atoms with van der Waals surface area (Å²) in [4.78, 5) is 0. The maximum atomic E-state index is 9.72. The van der Waals surface area contributed by atoms with Crippen LogP contribution in [0.15, 0.2) is 0 Å². The van der Waals surface area contributed by atoms with E-state index in [0.29, 0.717) is 12.5 Å². The molecule has 0 spiro atoms. The van der Waals surface area contributed by atoms with Gasteiger partial charge in [0, 0.05) is 19.8 Å². The zero-order valence-corrected chi connectivity index (χ0v) is 8.37. The molecule has 3 heteroatoms. The summed E-state index contributed by atoms with van der Waals surface area (Å²) in [5, 5.41) is 9.72. The summed E-state index contributed by atoms with van der Waals surface area (Å²) in [5.74, 6) is 0.380. The Balaban J connectivity index is 2.09. The lowest BCUT2D eigenvalue weighted by Gasteiger charge is -2.26. The second kappa shape index (κ2) is 6.35. The van der Waals surface area contributed by atoms with E-state index in [1.54, 1.807) is 0 Å². The lowest BCUT2D eigenvalue weighted by Crippen LogP contribution is -2.30. The maximum Gasteiger partial charge on any atom is 0.0803 e. The molecule has 13 heavy (non-hydrogen) atoms. The largest absolute Gasteiger partial charge is 0.390 e. The van der Waals surface area contributed by atoms with E-state index in [-0.39, 0.29) is 6.10 Å². The highest BCUT2D eigenvalue weighted by Crippen LogP contribution is 2.18. The van der Waals surface area contributed by atoms with Gasteiger partial charge in [0.15, 0.2) is 0 Å². The molecule has 1 heterocycles. The van der Waals surface area contributed by atoms with Gasteiger partial charge in [0.2, 0.25) is 0 Å². The van der Waals surface area contributed by atoms with E-state index in [9.17, 15) is 5.11 Å². The molecule has 1 unspecified atom stereocenters. The SMILES string of the molecule is CCCOCC(O)C1CCOCC1. The van der Waals surface area contributed by atoms with Crippen LogP contribution in [0, 0.1) is 5.92 Å². The van der Waals surface area contributed by atoms with Crippen molar-refractivity contribution in [3.05, 3.63) is 0 Å². The zero-order valence-electron chi connectivity index (χ0n) is 8.37. The number of rotatable bonds is 5. The summed E-state index contributed by atoms with van der Waals surface area (Å²) in [6.45, 7) is 4.88. The molecular weight excluding hydrogens is 168 g/mol. The Bertz CT molecular complexity index is 121. The summed E-state index contributed by atoms with van der Waals surface area (Å²) in [7, 11) is 0. The van der Waals surface area contributed by atoms with Crippen LogP contribution in [-0.4, -0.2) is 37.6 Å². The lowest BCUT2D eigenvalue weighted by molar-refractivity contribution is -0.0343. The second-order valence-electron chi connectivity index (χ2n) is 3.59. The predicted octanol–water partition coefficient (Wildman–Crippen LogP) is 1.20. The first-order chi connectivity index (χ1) is 6.34. The van der Waals surface area contributed by atoms with Gasteiger partial charge in [-0.2, -0.15) is 0 Å². The van der Waals surface area contributed by atoms with Crippen molar-refractivity contribution in [3.63, 3.8) is 0 Å². The van der Waals surface area contributed by atoms with Crippen LogP contribution in [0.4, 0.5) is 0 Å². The molecule has 0 aromatic heterocycles. The van der Waals surface area contributed by atoms with Crippen LogP contribution in [0.25, 0.3) is 0 Å². The van der Waals surface area contributed by atoms with E-state index in [2.05, 4.69) is 6.92 Å². The van der Waals surface area contributed by atoms with E-state index >= 15 is 0 Å². The summed E-state index contributed by atoms with van der Waals surface area (Å²) >= 11 is 0. The highest BCUT2D eigenvalue weighted by molar-refractivity contribution is 4.71. The van der Waals surface area contributed by atoms with Gasteiger partial charge in [-0.25, -0.2) is 0 Å². The lowest BCUT2D eigenvalue weighted by atomic mass is 9.94. The highest BCUT2D eigenvalue weighted by atomic mass is 16.5. The van der Waals surface area contributed by atoms with Crippen molar-refractivity contribution >= 4 is 0 Å². The minimum Gasteiger partial charge on any atom is -0.390 e. The molecule has 0 saturated carbocycles. The molecule has 1 fully saturated rings. The van der Waals surface area contributed by atoms with E-state index in [4.69, 9.17) is 9.47 Å². The van der Waals surface area contributed by atoms with Gasteiger partial charge in [0.1, 0.15) is 0 Å². The third-order valence-corrected chi connectivity index (χ3v) is 2.45. The first-order valence-corrected chi connectivity index (χ1v) is 5.18. The van der Waals surface area contributed by atoms with Crippen molar-refractivity contribution in [1.82, 2.24) is 0 Å². The monoisotopic (exact) mass is 188 g/mol. The summed E-state index contributed by atoms with van der Waals surface area (Å²) in [6, 6.07) is 0. The summed E-state index contributed by atoms with van der Waals surface area (Å²) < 4.78 is 10.5. The first-order valence-electron chi connectivity index (χ1n) is 5.18. The molecule has 1 saturated heterocycles. The van der Waals surface area contributed by atoms with Crippen LogP contribution in [0.5, 0.6) is 0 Å². The van der Waals surface area contributed by atoms with Gasteiger partial charge < -0.3 is 14.6 Å². The van der Waals surface area contributed by atoms with E-state index in [0.717, 1.165) is 39.1 Å². The standard InChI is InChI=1S/C10H20O3/c1-2-5-13-8-10(11)9-3-6-12-7-4-9/h9-11H,2-8H2,1H3. The Morgan fingerprint density at radius 2 is 2.15 bits per heavy atom. The molecular formula is C10H20O3. The maximum absolute atomic E-state index is 9.72. The van der Waals surface area contributed by atoms with Gasteiger partial charge in [0.05, 0.1) is 12.7 Å². The van der Waals surface area contributed by atoms with Crippen molar-refractivity contribution < 1.29 is 14.6 Å². The van der Waals surface area contributed by atoms with Crippen LogP contribution in [-0.2, 0) is 9.47 Å². The normalized spacial score (nSPS) is 21.7. The summed E-state index contributed by atoms with van der Waals surface area (Å²) in [6.07, 6.45) is 2.66. The van der Waals surface area contributed by atoms with Crippen molar-refractivity contribution in [3.8, 4) is 0 Å². The molecule has 0 aromatic rings. The average molecular weight is 188 g/mol. The summed E-state index contributed by atoms with van der Waals surface area (Å²) in [5.41, 5.74) is 0. The van der Waals surface area contributed by atoms with Gasteiger partial charge in [-0.15, -0.1) is 0 Å². The molecule has 0 amide bonds. The van der Waals surface area contributed by atoms with E-state index < -0.39 is 0 Å². The highest BCUT2D eigenvalue weighted by Gasteiger charge is 2.21. The minimum absolute atomic E-state index is 0.296. The van der Waals surface area contributed by atoms with Gasteiger partial charge in [0.25, 0.3) is 0 Å². The predicted molar refractivity (Wildman–Crippen MR) is 50.7 cm³/mol. The number of hydrogen-bond acceptors (Lipinski definition) is 3. The quantitative estimate of drug-likeness (QED) is 0.659. The van der Waals surface area contributed by atoms with Gasteiger partial charge in [-0.05, 0) is 25.2 Å². The number of aliphatic hydroxyl groups excluding tert-OH is 1. The molecule has 3 nitrogen and oxygen atoms in total. The fourth-order valence-corrected chi connectivity index (χ4v) is 1.59. The van der Waals surface area contributed by atoms with Gasteiger partial charge in [-0.3, -0.25) is 0 Å². The molecule has 0 bridgehead atoms. The Kier molecular flexibility index (Phi) is 5.35. The first kappa shape index (κ1) is 11.0. The molecule has 78 valence electrons. The molecule has 1 aliphatic heterocycles. The third kappa shape index (κ3) is 4.07. The molecule has 0 aromatic carbocycles. The van der Waals surface area contributed by atoms with Crippen molar-refractivity contribution in [2.75, 3.05) is 26.4 Å². The van der Waals surface area contributed by atoms with Crippen molar-refractivity contribution in [2.45, 2.75) is 32.3 Å². The van der Waals surface area contributed by atoms with Crippen molar-refractivity contribution in [1.29, 1.82) is 0 Å². The minimum atomic E-state index is -0.296. The van der Waals surface area contributed by atoms with Gasteiger partial charge >= 0.3 is 0 Å². The Hall–Kier alpha value is -0.120. The third-order valence-electron chi connectivity index (χ3n) is 2.45. The number of aliphatic hydroxyl groups is 1. The Morgan fingerprint density at radius 3 is 2.77 bits per heavy atom. The second-order valence-corrected chi connectivity index (χ2v) is 3.59. The van der Waals surface area contributed by atoms with Crippen LogP contribution in [0.3, 0.4) is 0 Å². The Labute approximate surface area is 80.0 Å². The molecule has 0 aliphatic carbocycles. The topological polar surface area (TPSA) is 38.7 Å². The van der Waals surface area contributed by atoms with Crippen molar-refractivity contribution in [2.24, 2.45) is 5.92 Å². The number of ether oxygens (including phenoxy) is 2. The van der Waals surface area contributed by atoms with E-state index in [1.165, 1.54) is 0 Å². The Morgan fingerprint density at radius 1 is 1.46 bits per heavy atom. The van der Waals surface area contributed by atoms with Crippen LogP contribution in [0.2, 0.25) is 0 Å². The molecule has 1 N–H and O–H groups in total. The zero-order chi connectivity index (χ0) is 9.52. The molecule has 0 radical (unpaired) electrons. The molecule has 1 rings (SSSR count). The van der Waals surface area contributed by atoms with Gasteiger partial charge in [-0.1, -0.05) is 6.92 Å². The fraction of sp³-hybridized carbons (Fsp3) is 1.00. The van der Waals surface area contributed by atoms with E-state index in [1.807, 2.05) is 0 Å². The number of hydrogen-bond donors (Lipinski definition) is 1. The fourth-order valence-electron chi connectivity index (χ4n) is 1.59. The van der Waals surface area contributed by atoms with Crippen LogP contribution in [0.1, 0.15) is 26.2 Å². The average Bonchev–Trinajstić information content (AvgIpc) is 2.19. The molecule has 1 atom stereocenters. The smallest absolute Gasteiger partial charge is 0.0803 e.